The summed E-state index contributed by atoms with van der Waals surface area (Å²) in [6, 6.07) is 19.3. The molecule has 0 fully saturated rings. The zero-order chi connectivity index (χ0) is 39.3. The summed E-state index contributed by atoms with van der Waals surface area (Å²) < 4.78 is 55.7. The van der Waals surface area contributed by atoms with E-state index in [1.165, 1.54) is 48.9 Å². The van der Waals surface area contributed by atoms with Gasteiger partial charge in [-0.1, -0.05) is 44.5 Å². The minimum atomic E-state index is -3.64. The van der Waals surface area contributed by atoms with Gasteiger partial charge in [0.25, 0.3) is 5.95 Å². The summed E-state index contributed by atoms with van der Waals surface area (Å²) in [5.41, 5.74) is 9.13. The van der Waals surface area contributed by atoms with Gasteiger partial charge in [-0.25, -0.2) is 27.0 Å². The largest absolute Gasteiger partial charge is 0.495 e. The Morgan fingerprint density at radius 2 is 1.60 bits per heavy atom. The van der Waals surface area contributed by atoms with E-state index in [0.29, 0.717) is 23.3 Å². The molecule has 5 aromatic rings. The van der Waals surface area contributed by atoms with E-state index in [1.807, 2.05) is 19.1 Å². The second-order valence-corrected chi connectivity index (χ2v) is 14.7. The molecule has 0 spiro atoms. The minimum absolute atomic E-state index is 0. The minimum Gasteiger partial charge on any atom is -0.495 e. The predicted octanol–water partition coefficient (Wildman–Crippen LogP) is 6.65. The Balaban J connectivity index is 0.00000673. The van der Waals surface area contributed by atoms with Crippen LogP contribution in [0.5, 0.6) is 5.75 Å². The molecular weight excluding hydrogens is 755 g/mol. The Morgan fingerprint density at radius 3 is 2.22 bits per heavy atom. The molecule has 0 bridgehead atoms. The summed E-state index contributed by atoms with van der Waals surface area (Å²) in [5, 5.41) is 7.41. The highest BCUT2D eigenvalue weighted by atomic mass is 35.5. The number of nitrogens with one attached hydrogen (secondary N) is 1. The van der Waals surface area contributed by atoms with Crippen LogP contribution in [0.4, 0.5) is 26.5 Å². The molecule has 0 aliphatic carbocycles. The predicted molar refractivity (Wildman–Crippen MR) is 207 cm³/mol. The fourth-order valence-electron chi connectivity index (χ4n) is 5.34. The van der Waals surface area contributed by atoms with E-state index >= 15 is 0 Å². The van der Waals surface area contributed by atoms with Crippen molar-refractivity contribution >= 4 is 63.2 Å². The maximum atomic E-state index is 13.8. The maximum absolute atomic E-state index is 13.8. The van der Waals surface area contributed by atoms with Gasteiger partial charge in [-0.15, -0.1) is 17.5 Å². The fraction of sp³-hybridized carbons (Fsp3) is 0.289. The van der Waals surface area contributed by atoms with Crippen molar-refractivity contribution in [2.24, 2.45) is 11.7 Å². The van der Waals surface area contributed by atoms with E-state index in [1.54, 1.807) is 56.4 Å². The summed E-state index contributed by atoms with van der Waals surface area (Å²) in [6.45, 7) is 6.77. The molecule has 292 valence electrons. The number of methoxy groups -OCH3 is 1. The fourth-order valence-corrected chi connectivity index (χ4v) is 5.98. The van der Waals surface area contributed by atoms with Crippen molar-refractivity contribution in [1.29, 1.82) is 0 Å². The van der Waals surface area contributed by atoms with E-state index < -0.39 is 40.1 Å². The monoisotopic (exact) mass is 796 g/mol. The molecule has 5 rings (SSSR count). The second-order valence-electron chi connectivity index (χ2n) is 12.7. The first-order chi connectivity index (χ1) is 25.6. The van der Waals surface area contributed by atoms with Gasteiger partial charge >= 0.3 is 12.1 Å². The lowest BCUT2D eigenvalue weighted by molar-refractivity contribution is -0.167. The molecule has 0 radical (unpaired) electrons. The molecule has 2 amide bonds. The number of nitrogens with zero attached hydrogens (tertiary/aromatic N) is 4. The summed E-state index contributed by atoms with van der Waals surface area (Å²) >= 11 is 0. The second kappa shape index (κ2) is 17.7. The quantitative estimate of drug-likeness (QED) is 0.0961. The Hall–Kier alpha value is -5.58. The van der Waals surface area contributed by atoms with E-state index in [9.17, 15) is 27.2 Å². The van der Waals surface area contributed by atoms with E-state index in [2.05, 4.69) is 15.4 Å². The highest BCUT2D eigenvalue weighted by molar-refractivity contribution is 7.90. The Morgan fingerprint density at radius 1 is 0.945 bits per heavy atom. The van der Waals surface area contributed by atoms with Crippen LogP contribution < -0.4 is 20.7 Å². The van der Waals surface area contributed by atoms with Crippen molar-refractivity contribution in [3.8, 4) is 16.9 Å². The first-order valence-corrected chi connectivity index (χ1v) is 18.9. The molecule has 14 nitrogen and oxygen atoms in total. The number of carbonyl (C=O) groups excluding carboxylic acids is 3. The van der Waals surface area contributed by atoms with Gasteiger partial charge in [0, 0.05) is 36.7 Å². The normalized spacial score (nSPS) is 13.5. The van der Waals surface area contributed by atoms with Gasteiger partial charge in [-0.3, -0.25) is 9.59 Å². The SMILES string of the molecule is CC[C@H](C)[C@H](N)C(=O)O[C@@H](C)OC(=O)N(c1nc2ccc(-c3ccc(NC(=O)[C@H](C)c4ccc(F)cc4)cc3)cn2n1)c1ccc(S(C)(=O)=O)cc1OC.Cl. The Bertz CT molecular complexity index is 2270. The first-order valence-electron chi connectivity index (χ1n) is 17.0. The van der Waals surface area contributed by atoms with Crippen molar-refractivity contribution < 1.29 is 41.4 Å². The van der Waals surface area contributed by atoms with E-state index in [4.69, 9.17) is 19.9 Å². The lowest BCUT2D eigenvalue weighted by Crippen LogP contribution is -2.41. The third-order valence-corrected chi connectivity index (χ3v) is 9.96. The molecular formula is C38H42ClFN6O8S. The number of sulfone groups is 1. The molecule has 4 atom stereocenters. The highest BCUT2D eigenvalue weighted by Crippen LogP contribution is 2.36. The van der Waals surface area contributed by atoms with Crippen molar-refractivity contribution in [3.63, 3.8) is 0 Å². The average Bonchev–Trinajstić information content (AvgIpc) is 3.56. The van der Waals surface area contributed by atoms with Gasteiger partial charge in [-0.2, -0.15) is 4.98 Å². The van der Waals surface area contributed by atoms with E-state index in [0.717, 1.165) is 22.3 Å². The number of amides is 2. The Kier molecular flexibility index (Phi) is 13.6. The van der Waals surface area contributed by atoms with Crippen LogP contribution in [0.2, 0.25) is 0 Å². The summed E-state index contributed by atoms with van der Waals surface area (Å²) in [5.74, 6) is -2.23. The van der Waals surface area contributed by atoms with Crippen LogP contribution in [0, 0.1) is 11.7 Å². The number of rotatable bonds is 13. The Labute approximate surface area is 324 Å². The summed E-state index contributed by atoms with van der Waals surface area (Å²) in [6.07, 6.45) is 0.928. The van der Waals surface area contributed by atoms with Crippen LogP contribution in [0.15, 0.2) is 90.0 Å². The number of pyridine rings is 1. The molecule has 0 unspecified atom stereocenters. The molecule has 17 heteroatoms. The number of aromatic nitrogens is 3. The van der Waals surface area contributed by atoms with Gasteiger partial charge in [-0.05, 0) is 72.5 Å². The smallest absolute Gasteiger partial charge is 0.424 e. The van der Waals surface area contributed by atoms with Gasteiger partial charge in [0.05, 0.1) is 23.6 Å². The number of hydrogen-bond donors (Lipinski definition) is 2. The molecule has 3 N–H and O–H groups in total. The van der Waals surface area contributed by atoms with Crippen LogP contribution in [-0.2, 0) is 28.9 Å². The number of anilines is 3. The van der Waals surface area contributed by atoms with Crippen molar-refractivity contribution in [1.82, 2.24) is 14.6 Å². The molecule has 55 heavy (non-hydrogen) atoms. The molecule has 2 heterocycles. The number of ether oxygens (including phenoxy) is 3. The van der Waals surface area contributed by atoms with Crippen LogP contribution in [0.3, 0.4) is 0 Å². The van der Waals surface area contributed by atoms with Gasteiger partial charge in [0.2, 0.25) is 12.2 Å². The number of benzene rings is 3. The summed E-state index contributed by atoms with van der Waals surface area (Å²) in [4.78, 5) is 44.7. The molecule has 0 aliphatic heterocycles. The lowest BCUT2D eigenvalue weighted by atomic mass is 10.00. The number of nitrogens with two attached hydrogens (primary N) is 1. The number of esters is 1. The topological polar surface area (TPSA) is 185 Å². The van der Waals surface area contributed by atoms with Crippen LogP contribution in [0.25, 0.3) is 16.8 Å². The lowest BCUT2D eigenvalue weighted by Gasteiger charge is -2.24. The van der Waals surface area contributed by atoms with Crippen molar-refractivity contribution in [2.75, 3.05) is 23.6 Å². The third kappa shape index (κ3) is 9.95. The highest BCUT2D eigenvalue weighted by Gasteiger charge is 2.31. The van der Waals surface area contributed by atoms with E-state index in [-0.39, 0.29) is 52.3 Å². The van der Waals surface area contributed by atoms with Gasteiger partial charge in [0.15, 0.2) is 15.5 Å². The third-order valence-electron chi connectivity index (χ3n) is 8.85. The van der Waals surface area contributed by atoms with Gasteiger partial charge < -0.3 is 25.3 Å². The maximum Gasteiger partial charge on any atom is 0.424 e. The van der Waals surface area contributed by atoms with Gasteiger partial charge in [0.1, 0.15) is 17.6 Å². The number of carbonyl (C=O) groups is 3. The number of fused-ring (bicyclic) bond motifs is 1. The van der Waals surface area contributed by atoms with Crippen LogP contribution in [-0.4, -0.2) is 66.7 Å². The molecule has 0 aliphatic rings. The average molecular weight is 797 g/mol. The molecule has 3 aromatic carbocycles. The molecule has 2 aromatic heterocycles. The summed E-state index contributed by atoms with van der Waals surface area (Å²) in [7, 11) is -2.33. The van der Waals surface area contributed by atoms with Crippen LogP contribution in [0.1, 0.15) is 45.6 Å². The number of halogens is 2. The molecule has 0 saturated heterocycles. The van der Waals surface area contributed by atoms with Crippen molar-refractivity contribution in [2.45, 2.75) is 57.3 Å². The van der Waals surface area contributed by atoms with Crippen molar-refractivity contribution in [3.05, 3.63) is 96.4 Å². The number of hydrogen-bond acceptors (Lipinski definition) is 11. The standard InChI is InChI=1S/C38H41FN6O8S.ClH/c1-7-22(2)34(40)36(47)52-24(4)53-38(48)45(31-18-17-30(54(6,49)50)20-32(31)51-5)37-42-33-19-12-27(21-44(33)43-37)26-10-15-29(16-11-26)41-35(46)23(3)25-8-13-28(39)14-9-25;/h8-24,34H,7,40H2,1-6H3,(H,41,46);1H/t22-,23+,24+,34-;/m0./s1. The van der Waals surface area contributed by atoms with Crippen LogP contribution >= 0.6 is 12.4 Å². The zero-order valence-electron chi connectivity index (χ0n) is 30.9. The molecule has 0 saturated carbocycles. The zero-order valence-corrected chi connectivity index (χ0v) is 32.6. The first kappa shape index (κ1) is 42.2.